The zero-order valence-electron chi connectivity index (χ0n) is 8.61. The molecular formula is C10H14N2O3P+. The lowest BCUT2D eigenvalue weighted by Crippen LogP contribution is -2.42. The summed E-state index contributed by atoms with van der Waals surface area (Å²) >= 11 is 0. The lowest BCUT2D eigenvalue weighted by molar-refractivity contribution is -0.119. The first-order valence-corrected chi connectivity index (χ1v) is 6.04. The van der Waals surface area contributed by atoms with Gasteiger partial charge >= 0.3 is 8.03 Å². The van der Waals surface area contributed by atoms with Crippen molar-refractivity contribution in [1.82, 2.24) is 0 Å². The minimum absolute atomic E-state index is 0.316. The van der Waals surface area contributed by atoms with Crippen molar-refractivity contribution in [3.63, 3.8) is 0 Å². The molecule has 5 nitrogen and oxygen atoms in total. The fourth-order valence-electron chi connectivity index (χ4n) is 1.30. The predicted octanol–water partition coefficient (Wildman–Crippen LogP) is 0.145. The largest absolute Gasteiger partial charge is 0.532 e. The van der Waals surface area contributed by atoms with Gasteiger partial charge in [0.05, 0.1) is 6.04 Å². The minimum Gasteiger partial charge on any atom is -0.321 e. The molecule has 6 heteroatoms. The second-order valence-corrected chi connectivity index (χ2v) is 4.61. The van der Waals surface area contributed by atoms with Gasteiger partial charge in [0, 0.05) is 0 Å². The Balaban J connectivity index is 2.62. The van der Waals surface area contributed by atoms with Crippen LogP contribution in [0.15, 0.2) is 30.3 Å². The highest BCUT2D eigenvalue weighted by molar-refractivity contribution is 7.40. The monoisotopic (exact) mass is 241 g/mol. The topological polar surface area (TPSA) is 106 Å². The van der Waals surface area contributed by atoms with E-state index >= 15 is 0 Å². The van der Waals surface area contributed by atoms with Crippen LogP contribution < -0.4 is 11.5 Å². The van der Waals surface area contributed by atoms with Crippen molar-refractivity contribution < 1.29 is 14.3 Å². The molecule has 16 heavy (non-hydrogen) atoms. The summed E-state index contributed by atoms with van der Waals surface area (Å²) in [5.41, 5.74) is 11.8. The number of hydrogen-bond donors (Lipinski definition) is 3. The van der Waals surface area contributed by atoms with Gasteiger partial charge in [-0.2, -0.15) is 4.89 Å². The Morgan fingerprint density at radius 2 is 1.88 bits per heavy atom. The third-order valence-electron chi connectivity index (χ3n) is 2.19. The maximum absolute atomic E-state index is 11.5. The first-order chi connectivity index (χ1) is 7.52. The fourth-order valence-corrected chi connectivity index (χ4v) is 1.71. The molecule has 0 spiro atoms. The van der Waals surface area contributed by atoms with E-state index in [1.54, 1.807) is 0 Å². The molecule has 0 aliphatic carbocycles. The Labute approximate surface area is 94.3 Å². The van der Waals surface area contributed by atoms with E-state index in [2.05, 4.69) is 0 Å². The highest BCUT2D eigenvalue weighted by Crippen LogP contribution is 2.19. The van der Waals surface area contributed by atoms with Gasteiger partial charge in [0.1, 0.15) is 0 Å². The number of carbonyl (C=O) groups is 1. The van der Waals surface area contributed by atoms with Crippen molar-refractivity contribution in [3.05, 3.63) is 35.9 Å². The molecule has 2 unspecified atom stereocenters. The molecule has 0 aliphatic heterocycles. The molecule has 0 amide bonds. The molecule has 0 aromatic heterocycles. The molecule has 0 fully saturated rings. The Morgan fingerprint density at radius 1 is 1.31 bits per heavy atom. The van der Waals surface area contributed by atoms with Crippen molar-refractivity contribution in [2.45, 2.75) is 18.2 Å². The number of nitrogens with two attached hydrogens (primary N) is 2. The van der Waals surface area contributed by atoms with E-state index in [4.69, 9.17) is 16.4 Å². The van der Waals surface area contributed by atoms with Gasteiger partial charge in [0.25, 0.3) is 5.78 Å². The van der Waals surface area contributed by atoms with Gasteiger partial charge in [0.2, 0.25) is 5.78 Å². The highest BCUT2D eigenvalue weighted by atomic mass is 31.1. The number of Topliss-reactive ketones (excluding diaryl/α,β-unsaturated/α-hetero) is 1. The Hall–Kier alpha value is -1.13. The quantitative estimate of drug-likeness (QED) is 0.636. The van der Waals surface area contributed by atoms with Crippen LogP contribution in [0.1, 0.15) is 5.56 Å². The standard InChI is InChI=1S/C10H13N2O3P/c11-8(9(13)10(12)16(14)15)6-7-4-2-1-3-5-7/h1-5,8,10H,6,11-12H2/p+1/t8-,10?/m0/s1. The van der Waals surface area contributed by atoms with Crippen molar-refractivity contribution in [2.24, 2.45) is 11.5 Å². The number of carbonyl (C=O) groups excluding carboxylic acids is 1. The average Bonchev–Trinajstić information content (AvgIpc) is 2.28. The second-order valence-electron chi connectivity index (χ2n) is 3.45. The second kappa shape index (κ2) is 5.82. The smallest absolute Gasteiger partial charge is 0.321 e. The van der Waals surface area contributed by atoms with Crippen LogP contribution in [0.4, 0.5) is 0 Å². The van der Waals surface area contributed by atoms with Gasteiger partial charge in [-0.05, 0) is 16.5 Å². The lowest BCUT2D eigenvalue weighted by atomic mass is 10.0. The fraction of sp³-hybridized carbons (Fsp3) is 0.300. The molecule has 0 bridgehead atoms. The SMILES string of the molecule is NC(C(=O)[C@@H](N)Cc1ccccc1)[P+](=O)O. The number of benzene rings is 1. The van der Waals surface area contributed by atoms with Crippen LogP contribution in [-0.4, -0.2) is 22.5 Å². The normalized spacial score (nSPS) is 15.3. The maximum Gasteiger partial charge on any atom is 0.532 e. The van der Waals surface area contributed by atoms with Crippen molar-refractivity contribution in [3.8, 4) is 0 Å². The molecule has 0 radical (unpaired) electrons. The summed E-state index contributed by atoms with van der Waals surface area (Å²) in [6.07, 6.45) is 0.316. The van der Waals surface area contributed by atoms with E-state index in [-0.39, 0.29) is 0 Å². The van der Waals surface area contributed by atoms with Crippen LogP contribution in [-0.2, 0) is 15.8 Å². The molecule has 1 aromatic carbocycles. The minimum atomic E-state index is -2.71. The van der Waals surface area contributed by atoms with E-state index < -0.39 is 25.6 Å². The van der Waals surface area contributed by atoms with Gasteiger partial charge < -0.3 is 5.73 Å². The predicted molar refractivity (Wildman–Crippen MR) is 60.9 cm³/mol. The van der Waals surface area contributed by atoms with Gasteiger partial charge in [-0.25, -0.2) is 0 Å². The summed E-state index contributed by atoms with van der Waals surface area (Å²) in [6.45, 7) is 0. The maximum atomic E-state index is 11.5. The molecule has 0 aliphatic rings. The Morgan fingerprint density at radius 3 is 2.38 bits per heavy atom. The van der Waals surface area contributed by atoms with Gasteiger partial charge in [-0.3, -0.25) is 10.5 Å². The highest BCUT2D eigenvalue weighted by Gasteiger charge is 2.35. The first kappa shape index (κ1) is 12.9. The van der Waals surface area contributed by atoms with Crippen LogP contribution >= 0.6 is 8.03 Å². The van der Waals surface area contributed by atoms with E-state index in [0.717, 1.165) is 5.56 Å². The summed E-state index contributed by atoms with van der Waals surface area (Å²) in [6, 6.07) is 8.34. The third-order valence-corrected chi connectivity index (χ3v) is 2.92. The molecular weight excluding hydrogens is 227 g/mol. The molecule has 0 heterocycles. The van der Waals surface area contributed by atoms with Gasteiger partial charge in [0.15, 0.2) is 0 Å². The zero-order chi connectivity index (χ0) is 12.1. The van der Waals surface area contributed by atoms with Crippen molar-refractivity contribution in [2.75, 3.05) is 0 Å². The Bertz CT molecular complexity index is 383. The lowest BCUT2D eigenvalue weighted by Gasteiger charge is -2.09. The number of hydrogen-bond acceptors (Lipinski definition) is 4. The van der Waals surface area contributed by atoms with Crippen LogP contribution in [0.3, 0.4) is 0 Å². The summed E-state index contributed by atoms with van der Waals surface area (Å²) in [5.74, 6) is -1.99. The number of ketones is 1. The molecule has 1 rings (SSSR count). The van der Waals surface area contributed by atoms with Crippen molar-refractivity contribution in [1.29, 1.82) is 0 Å². The third kappa shape index (κ3) is 3.47. The molecule has 86 valence electrons. The van der Waals surface area contributed by atoms with Crippen LogP contribution in [0.5, 0.6) is 0 Å². The van der Waals surface area contributed by atoms with Crippen molar-refractivity contribution >= 4 is 13.8 Å². The van der Waals surface area contributed by atoms with Crippen LogP contribution in [0, 0.1) is 0 Å². The van der Waals surface area contributed by atoms with E-state index in [1.165, 1.54) is 0 Å². The van der Waals surface area contributed by atoms with E-state index in [9.17, 15) is 9.36 Å². The summed E-state index contributed by atoms with van der Waals surface area (Å²) in [4.78, 5) is 20.2. The summed E-state index contributed by atoms with van der Waals surface area (Å²) in [7, 11) is -2.71. The summed E-state index contributed by atoms with van der Waals surface area (Å²) < 4.78 is 10.6. The van der Waals surface area contributed by atoms with Crippen LogP contribution in [0.25, 0.3) is 0 Å². The van der Waals surface area contributed by atoms with E-state index in [1.807, 2.05) is 30.3 Å². The molecule has 0 saturated heterocycles. The van der Waals surface area contributed by atoms with Gasteiger partial charge in [-0.1, -0.05) is 30.3 Å². The molecule has 5 N–H and O–H groups in total. The average molecular weight is 241 g/mol. The van der Waals surface area contributed by atoms with Crippen LogP contribution in [0.2, 0.25) is 0 Å². The van der Waals surface area contributed by atoms with Gasteiger partial charge in [-0.15, -0.1) is 0 Å². The first-order valence-electron chi connectivity index (χ1n) is 4.76. The molecule has 0 saturated carbocycles. The number of rotatable bonds is 5. The molecule has 3 atom stereocenters. The zero-order valence-corrected chi connectivity index (χ0v) is 9.51. The summed E-state index contributed by atoms with van der Waals surface area (Å²) in [5, 5.41) is 0. The Kier molecular flexibility index (Phi) is 4.71. The molecule has 1 aromatic rings. The van der Waals surface area contributed by atoms with E-state index in [0.29, 0.717) is 6.42 Å².